The Labute approximate surface area is 140 Å². The predicted octanol–water partition coefficient (Wildman–Crippen LogP) is 2.26. The van der Waals surface area contributed by atoms with Crippen LogP contribution in [0.15, 0.2) is 36.7 Å². The molecule has 0 aliphatic heterocycles. The molecule has 0 aliphatic carbocycles. The van der Waals surface area contributed by atoms with E-state index in [4.69, 9.17) is 5.11 Å². The van der Waals surface area contributed by atoms with Crippen LogP contribution in [0.25, 0.3) is 11.0 Å². The highest BCUT2D eigenvalue weighted by molar-refractivity contribution is 5.90. The van der Waals surface area contributed by atoms with Crippen molar-refractivity contribution in [3.8, 4) is 6.07 Å². The predicted molar refractivity (Wildman–Crippen MR) is 92.7 cm³/mol. The van der Waals surface area contributed by atoms with Gasteiger partial charge in [-0.1, -0.05) is 29.8 Å². The molecule has 2 heterocycles. The van der Waals surface area contributed by atoms with Crippen LogP contribution in [-0.4, -0.2) is 33.0 Å². The van der Waals surface area contributed by atoms with Crippen molar-refractivity contribution in [1.82, 2.24) is 14.8 Å². The summed E-state index contributed by atoms with van der Waals surface area (Å²) in [5.41, 5.74) is 5.02. The van der Waals surface area contributed by atoms with Crippen LogP contribution >= 0.6 is 0 Å². The van der Waals surface area contributed by atoms with E-state index in [-0.39, 0.29) is 6.61 Å². The first kappa shape index (κ1) is 16.0. The second-order valence-corrected chi connectivity index (χ2v) is 5.67. The average Bonchev–Trinajstić information content (AvgIpc) is 3.00. The maximum absolute atomic E-state index is 9.33. The fourth-order valence-corrected chi connectivity index (χ4v) is 2.58. The van der Waals surface area contributed by atoms with Crippen LogP contribution in [-0.2, 0) is 13.0 Å². The molecule has 0 aliphatic rings. The van der Waals surface area contributed by atoms with Crippen molar-refractivity contribution in [1.29, 1.82) is 5.26 Å². The van der Waals surface area contributed by atoms with Crippen LogP contribution in [0.5, 0.6) is 0 Å². The molecular formula is C18H19N5O. The van der Waals surface area contributed by atoms with Crippen molar-refractivity contribution in [2.75, 3.05) is 18.5 Å². The minimum absolute atomic E-state index is 0.00921. The largest absolute Gasteiger partial charge is 0.394 e. The van der Waals surface area contributed by atoms with E-state index in [9.17, 15) is 5.26 Å². The number of aliphatic hydroxyl groups is 1. The quantitative estimate of drug-likeness (QED) is 0.727. The average molecular weight is 321 g/mol. The van der Waals surface area contributed by atoms with E-state index in [1.165, 1.54) is 11.1 Å². The molecule has 2 aromatic heterocycles. The molecule has 0 atom stereocenters. The number of hydrogen-bond donors (Lipinski definition) is 2. The van der Waals surface area contributed by atoms with E-state index < -0.39 is 0 Å². The summed E-state index contributed by atoms with van der Waals surface area (Å²) in [5, 5.41) is 26.1. The van der Waals surface area contributed by atoms with Crippen molar-refractivity contribution in [2.24, 2.45) is 0 Å². The van der Waals surface area contributed by atoms with Gasteiger partial charge in [-0.2, -0.15) is 10.4 Å². The van der Waals surface area contributed by atoms with Crippen LogP contribution in [0.2, 0.25) is 0 Å². The van der Waals surface area contributed by atoms with Gasteiger partial charge >= 0.3 is 0 Å². The smallest absolute Gasteiger partial charge is 0.135 e. The fourth-order valence-electron chi connectivity index (χ4n) is 2.58. The Morgan fingerprint density at radius 3 is 2.79 bits per heavy atom. The monoisotopic (exact) mass is 321 g/mol. The van der Waals surface area contributed by atoms with Crippen LogP contribution in [0.3, 0.4) is 0 Å². The van der Waals surface area contributed by atoms with Gasteiger partial charge in [0.15, 0.2) is 0 Å². The van der Waals surface area contributed by atoms with Gasteiger partial charge in [-0.05, 0) is 18.9 Å². The molecule has 0 saturated heterocycles. The fraction of sp³-hybridized carbons (Fsp3) is 0.278. The second-order valence-electron chi connectivity index (χ2n) is 5.67. The van der Waals surface area contributed by atoms with Crippen molar-refractivity contribution in [2.45, 2.75) is 19.9 Å². The molecule has 6 heteroatoms. The summed E-state index contributed by atoms with van der Waals surface area (Å²) >= 11 is 0. The van der Waals surface area contributed by atoms with Crippen molar-refractivity contribution in [3.05, 3.63) is 53.3 Å². The van der Waals surface area contributed by atoms with Crippen LogP contribution in [0.4, 0.5) is 5.69 Å². The molecule has 0 spiro atoms. The Bertz CT molecular complexity index is 877. The van der Waals surface area contributed by atoms with Gasteiger partial charge in [0, 0.05) is 12.7 Å². The van der Waals surface area contributed by atoms with E-state index in [0.29, 0.717) is 35.4 Å². The van der Waals surface area contributed by atoms with Gasteiger partial charge in [-0.15, -0.1) is 0 Å². The first-order chi connectivity index (χ1) is 11.7. The number of nitrogens with one attached hydrogen (secondary N) is 1. The number of benzene rings is 1. The van der Waals surface area contributed by atoms with Crippen LogP contribution in [0.1, 0.15) is 16.7 Å². The normalized spacial score (nSPS) is 10.7. The zero-order valence-corrected chi connectivity index (χ0v) is 13.5. The number of nitriles is 1. The molecule has 6 nitrogen and oxygen atoms in total. The number of aryl methyl sites for hydroxylation is 1. The molecule has 0 unspecified atom stereocenters. The van der Waals surface area contributed by atoms with Crippen molar-refractivity contribution < 1.29 is 5.11 Å². The molecule has 122 valence electrons. The van der Waals surface area contributed by atoms with E-state index in [2.05, 4.69) is 52.7 Å². The van der Waals surface area contributed by atoms with E-state index in [1.807, 2.05) is 0 Å². The molecular weight excluding hydrogens is 302 g/mol. The summed E-state index contributed by atoms with van der Waals surface area (Å²) in [5.74, 6) is 0. The molecule has 24 heavy (non-hydrogen) atoms. The van der Waals surface area contributed by atoms with Crippen LogP contribution in [0, 0.1) is 18.3 Å². The zero-order valence-electron chi connectivity index (χ0n) is 13.5. The SMILES string of the molecule is Cc1ccc(CCNc2c(C#N)cnc3cn(CCO)nc23)cc1. The van der Waals surface area contributed by atoms with E-state index >= 15 is 0 Å². The molecule has 3 aromatic rings. The summed E-state index contributed by atoms with van der Waals surface area (Å²) in [6, 6.07) is 10.6. The van der Waals surface area contributed by atoms with Gasteiger partial charge in [0.1, 0.15) is 17.1 Å². The maximum atomic E-state index is 9.33. The van der Waals surface area contributed by atoms with Gasteiger partial charge in [-0.25, -0.2) is 0 Å². The Morgan fingerprint density at radius 1 is 1.29 bits per heavy atom. The minimum atomic E-state index is 0.00921. The summed E-state index contributed by atoms with van der Waals surface area (Å²) in [6.07, 6.45) is 4.19. The third-order valence-corrected chi connectivity index (χ3v) is 3.87. The maximum Gasteiger partial charge on any atom is 0.135 e. The van der Waals surface area contributed by atoms with Gasteiger partial charge in [0.25, 0.3) is 0 Å². The Kier molecular flexibility index (Phi) is 4.73. The molecule has 0 fully saturated rings. The molecule has 0 amide bonds. The number of pyridine rings is 1. The number of aromatic nitrogens is 3. The van der Waals surface area contributed by atoms with E-state index in [0.717, 1.165) is 6.42 Å². The molecule has 2 N–H and O–H groups in total. The van der Waals surface area contributed by atoms with Gasteiger partial charge in [0.05, 0.1) is 30.6 Å². The summed E-state index contributed by atoms with van der Waals surface area (Å²) in [4.78, 5) is 4.26. The third-order valence-electron chi connectivity index (χ3n) is 3.87. The molecule has 1 aromatic carbocycles. The topological polar surface area (TPSA) is 86.8 Å². The van der Waals surface area contributed by atoms with Gasteiger partial charge < -0.3 is 10.4 Å². The summed E-state index contributed by atoms with van der Waals surface area (Å²) in [7, 11) is 0. The van der Waals surface area contributed by atoms with Crippen molar-refractivity contribution in [3.63, 3.8) is 0 Å². The Morgan fingerprint density at radius 2 is 2.08 bits per heavy atom. The number of fused-ring (bicyclic) bond motifs is 1. The minimum Gasteiger partial charge on any atom is -0.394 e. The first-order valence-electron chi connectivity index (χ1n) is 7.88. The molecule has 0 radical (unpaired) electrons. The highest BCUT2D eigenvalue weighted by atomic mass is 16.3. The number of aliphatic hydroxyl groups excluding tert-OH is 1. The van der Waals surface area contributed by atoms with E-state index in [1.54, 1.807) is 17.1 Å². The second kappa shape index (κ2) is 7.11. The number of hydrogen-bond acceptors (Lipinski definition) is 5. The number of rotatable bonds is 6. The number of anilines is 1. The Balaban J connectivity index is 1.81. The summed E-state index contributed by atoms with van der Waals surface area (Å²) < 4.78 is 1.64. The lowest BCUT2D eigenvalue weighted by molar-refractivity contribution is 0.270. The number of nitrogens with zero attached hydrogens (tertiary/aromatic N) is 4. The van der Waals surface area contributed by atoms with Crippen molar-refractivity contribution >= 4 is 16.7 Å². The molecule has 0 bridgehead atoms. The lowest BCUT2D eigenvalue weighted by Gasteiger charge is -2.09. The van der Waals surface area contributed by atoms with Gasteiger partial charge in [0.2, 0.25) is 0 Å². The standard InChI is InChI=1S/C18H19N5O/c1-13-2-4-14(5-3-13)6-7-20-17-15(10-19)11-21-16-12-23(8-9-24)22-18(16)17/h2-5,11-12,20,24H,6-9H2,1H3. The lowest BCUT2D eigenvalue weighted by Crippen LogP contribution is -2.08. The third kappa shape index (κ3) is 3.36. The van der Waals surface area contributed by atoms with Crippen LogP contribution < -0.4 is 5.32 Å². The molecule has 3 rings (SSSR count). The summed E-state index contributed by atoms with van der Waals surface area (Å²) in [6.45, 7) is 3.18. The highest BCUT2D eigenvalue weighted by Crippen LogP contribution is 2.24. The Hall–Kier alpha value is -2.91. The highest BCUT2D eigenvalue weighted by Gasteiger charge is 2.12. The molecule has 0 saturated carbocycles. The lowest BCUT2D eigenvalue weighted by atomic mass is 10.1. The van der Waals surface area contributed by atoms with Gasteiger partial charge in [-0.3, -0.25) is 9.67 Å². The zero-order chi connectivity index (χ0) is 16.9. The first-order valence-corrected chi connectivity index (χ1v) is 7.88.